The molecular formula is C23H17F5IN3O. The van der Waals surface area contributed by atoms with Crippen molar-refractivity contribution >= 4 is 45.6 Å². The van der Waals surface area contributed by atoms with E-state index in [0.717, 1.165) is 14.2 Å². The van der Waals surface area contributed by atoms with Crippen LogP contribution in [0.15, 0.2) is 48.5 Å². The van der Waals surface area contributed by atoms with Crippen LogP contribution in [-0.4, -0.2) is 32.1 Å². The Morgan fingerprint density at radius 2 is 1.24 bits per heavy atom. The number of carbonyl (C=O) groups is 1. The number of hydrogen-bond donors (Lipinski definition) is 1. The molecule has 1 amide bonds. The quantitative estimate of drug-likeness (QED) is 0.192. The number of amides is 1. The Morgan fingerprint density at radius 3 is 1.82 bits per heavy atom. The van der Waals surface area contributed by atoms with E-state index in [4.69, 9.17) is 0 Å². The van der Waals surface area contributed by atoms with E-state index in [9.17, 15) is 26.7 Å². The van der Waals surface area contributed by atoms with Gasteiger partial charge in [0, 0.05) is 41.1 Å². The molecule has 0 atom stereocenters. The van der Waals surface area contributed by atoms with E-state index < -0.39 is 34.8 Å². The second-order valence-electron chi connectivity index (χ2n) is 7.37. The fraction of sp³-hybridized carbons (Fsp3) is 0.174. The number of halogens is 6. The van der Waals surface area contributed by atoms with E-state index >= 15 is 0 Å². The number of carbonyl (C=O) groups excluding carboxylic acids is 1. The van der Waals surface area contributed by atoms with Gasteiger partial charge in [-0.2, -0.15) is 0 Å². The van der Waals surface area contributed by atoms with Gasteiger partial charge in [-0.1, -0.05) is 12.1 Å². The van der Waals surface area contributed by atoms with Crippen LogP contribution in [0, 0.1) is 32.7 Å². The van der Waals surface area contributed by atoms with Crippen molar-refractivity contribution in [2.24, 2.45) is 0 Å². The summed E-state index contributed by atoms with van der Waals surface area (Å²) in [6, 6.07) is 14.3. The largest absolute Gasteiger partial charge is 0.368 e. The minimum absolute atomic E-state index is 0.0727. The molecule has 4 rings (SSSR count). The van der Waals surface area contributed by atoms with Gasteiger partial charge in [-0.25, -0.2) is 22.0 Å². The molecule has 3 aromatic rings. The zero-order valence-corrected chi connectivity index (χ0v) is 19.2. The fourth-order valence-electron chi connectivity index (χ4n) is 3.66. The van der Waals surface area contributed by atoms with Gasteiger partial charge < -0.3 is 15.1 Å². The summed E-state index contributed by atoms with van der Waals surface area (Å²) in [6.07, 6.45) is 0. The van der Waals surface area contributed by atoms with Gasteiger partial charge in [0.25, 0.3) is 5.91 Å². The second-order valence-corrected chi connectivity index (χ2v) is 8.54. The highest BCUT2D eigenvalue weighted by molar-refractivity contribution is 14.1. The summed E-state index contributed by atoms with van der Waals surface area (Å²) >= 11 is 2.09. The summed E-state index contributed by atoms with van der Waals surface area (Å²) in [4.78, 5) is 15.5. The van der Waals surface area contributed by atoms with Crippen molar-refractivity contribution in [1.29, 1.82) is 0 Å². The molecule has 3 aromatic carbocycles. The molecule has 4 nitrogen and oxygen atoms in total. The van der Waals surface area contributed by atoms with E-state index in [1.807, 2.05) is 17.0 Å². The highest BCUT2D eigenvalue weighted by atomic mass is 127. The summed E-state index contributed by atoms with van der Waals surface area (Å²) in [5.74, 6) is -9.95. The fourth-order valence-corrected chi connectivity index (χ4v) is 4.29. The Balaban J connectivity index is 1.42. The maximum atomic E-state index is 14.1. The third-order valence-electron chi connectivity index (χ3n) is 5.39. The number of hydrogen-bond acceptors (Lipinski definition) is 3. The number of anilines is 3. The number of benzene rings is 3. The van der Waals surface area contributed by atoms with Gasteiger partial charge in [-0.3, -0.25) is 4.79 Å². The standard InChI is InChI=1S/C23H17F5IN3O/c24-17-18(25)20(27)22(21(28)19(17)26)32-11-9-31(10-12-32)14-7-5-13(6-8-14)30-23(33)15-3-1-2-4-16(15)29/h1-8H,9-12H2,(H,30,33). The normalized spacial score (nSPS) is 13.9. The van der Waals surface area contributed by atoms with Crippen molar-refractivity contribution in [2.45, 2.75) is 0 Å². The molecule has 1 heterocycles. The van der Waals surface area contributed by atoms with E-state index in [0.29, 0.717) is 24.3 Å². The van der Waals surface area contributed by atoms with Crippen LogP contribution in [0.5, 0.6) is 0 Å². The lowest BCUT2D eigenvalue weighted by Gasteiger charge is -2.37. The van der Waals surface area contributed by atoms with Crippen molar-refractivity contribution in [3.63, 3.8) is 0 Å². The third-order valence-corrected chi connectivity index (χ3v) is 6.33. The Hall–Kier alpha value is -2.89. The number of piperazine rings is 1. The minimum Gasteiger partial charge on any atom is -0.368 e. The molecule has 0 aliphatic carbocycles. The molecule has 0 aromatic heterocycles. The van der Waals surface area contributed by atoms with Crippen molar-refractivity contribution < 1.29 is 26.7 Å². The first kappa shape index (κ1) is 23.3. The molecule has 1 saturated heterocycles. The molecule has 0 unspecified atom stereocenters. The third kappa shape index (κ3) is 4.61. The lowest BCUT2D eigenvalue weighted by Crippen LogP contribution is -2.47. The first-order valence-corrected chi connectivity index (χ1v) is 11.0. The molecule has 1 aliphatic rings. The van der Waals surface area contributed by atoms with Gasteiger partial charge in [0.15, 0.2) is 23.3 Å². The van der Waals surface area contributed by atoms with E-state index in [1.165, 1.54) is 0 Å². The molecule has 1 aliphatic heterocycles. The van der Waals surface area contributed by atoms with Crippen LogP contribution in [0.4, 0.5) is 39.0 Å². The van der Waals surface area contributed by atoms with E-state index in [-0.39, 0.29) is 19.0 Å². The lowest BCUT2D eigenvalue weighted by atomic mass is 10.1. The monoisotopic (exact) mass is 573 g/mol. The lowest BCUT2D eigenvalue weighted by molar-refractivity contribution is 0.102. The van der Waals surface area contributed by atoms with Gasteiger partial charge in [0.2, 0.25) is 5.82 Å². The van der Waals surface area contributed by atoms with Crippen LogP contribution in [0.2, 0.25) is 0 Å². The van der Waals surface area contributed by atoms with Gasteiger partial charge in [0.1, 0.15) is 5.69 Å². The maximum absolute atomic E-state index is 14.1. The van der Waals surface area contributed by atoms with Crippen LogP contribution in [-0.2, 0) is 0 Å². The molecular weight excluding hydrogens is 556 g/mol. The summed E-state index contributed by atoms with van der Waals surface area (Å²) in [5, 5.41) is 2.83. The predicted octanol–water partition coefficient (Wildman–Crippen LogP) is 5.57. The maximum Gasteiger partial charge on any atom is 0.256 e. The van der Waals surface area contributed by atoms with Gasteiger partial charge in [-0.15, -0.1) is 0 Å². The SMILES string of the molecule is O=C(Nc1ccc(N2CCN(c3c(F)c(F)c(F)c(F)c3F)CC2)cc1)c1ccccc1I. The summed E-state index contributed by atoms with van der Waals surface area (Å²) in [5.41, 5.74) is 1.06. The molecule has 0 radical (unpaired) electrons. The Bertz CT molecular complexity index is 1170. The number of nitrogens with zero attached hydrogens (tertiary/aromatic N) is 2. The molecule has 33 heavy (non-hydrogen) atoms. The molecule has 10 heteroatoms. The zero-order valence-electron chi connectivity index (χ0n) is 17.0. The van der Waals surface area contributed by atoms with Crippen LogP contribution in [0.3, 0.4) is 0 Å². The highest BCUT2D eigenvalue weighted by Crippen LogP contribution is 2.31. The van der Waals surface area contributed by atoms with Crippen molar-refractivity contribution in [3.8, 4) is 0 Å². The zero-order chi connectivity index (χ0) is 23.7. The van der Waals surface area contributed by atoms with Crippen LogP contribution in [0.1, 0.15) is 10.4 Å². The van der Waals surface area contributed by atoms with Crippen LogP contribution >= 0.6 is 22.6 Å². The van der Waals surface area contributed by atoms with Crippen molar-refractivity contribution in [1.82, 2.24) is 0 Å². The van der Waals surface area contributed by atoms with Crippen molar-refractivity contribution in [2.75, 3.05) is 41.3 Å². The number of rotatable bonds is 4. The summed E-state index contributed by atoms with van der Waals surface area (Å²) < 4.78 is 69.4. The smallest absolute Gasteiger partial charge is 0.256 e. The molecule has 0 saturated carbocycles. The Kier molecular flexibility index (Phi) is 6.73. The first-order chi connectivity index (χ1) is 15.8. The van der Waals surface area contributed by atoms with Gasteiger partial charge >= 0.3 is 0 Å². The number of nitrogens with one attached hydrogen (secondary N) is 1. The summed E-state index contributed by atoms with van der Waals surface area (Å²) in [6.45, 7) is 0.771. The topological polar surface area (TPSA) is 35.6 Å². The van der Waals surface area contributed by atoms with Crippen LogP contribution in [0.25, 0.3) is 0 Å². The summed E-state index contributed by atoms with van der Waals surface area (Å²) in [7, 11) is 0. The average Bonchev–Trinajstić information content (AvgIpc) is 2.83. The molecule has 172 valence electrons. The Morgan fingerprint density at radius 1 is 0.727 bits per heavy atom. The second kappa shape index (κ2) is 9.54. The predicted molar refractivity (Wildman–Crippen MR) is 124 cm³/mol. The Labute approximate surface area is 200 Å². The van der Waals surface area contributed by atoms with Crippen molar-refractivity contribution in [3.05, 3.63) is 86.8 Å². The van der Waals surface area contributed by atoms with E-state index in [2.05, 4.69) is 27.9 Å². The molecule has 1 fully saturated rings. The van der Waals surface area contributed by atoms with Crippen LogP contribution < -0.4 is 15.1 Å². The first-order valence-electron chi connectivity index (χ1n) is 9.95. The van der Waals surface area contributed by atoms with E-state index in [1.54, 1.807) is 36.4 Å². The molecule has 0 bridgehead atoms. The minimum atomic E-state index is -2.17. The average molecular weight is 573 g/mol. The van der Waals surface area contributed by atoms with Gasteiger partial charge in [0.05, 0.1) is 5.56 Å². The molecule has 0 spiro atoms. The van der Waals surface area contributed by atoms with Gasteiger partial charge in [-0.05, 0) is 59.0 Å². The highest BCUT2D eigenvalue weighted by Gasteiger charge is 2.30. The molecule has 1 N–H and O–H groups in total.